The second-order valence-electron chi connectivity index (χ2n) is 6.62. The lowest BCUT2D eigenvalue weighted by molar-refractivity contribution is 0.666. The molecule has 3 atom stereocenters. The van der Waals surface area contributed by atoms with Gasteiger partial charge in [0.2, 0.25) is 0 Å². The minimum atomic E-state index is -0.631. The summed E-state index contributed by atoms with van der Waals surface area (Å²) >= 11 is 0. The topological polar surface area (TPSA) is 17.1 Å². The lowest BCUT2D eigenvalue weighted by atomic mass is 9.86. The van der Waals surface area contributed by atoms with Crippen LogP contribution in [-0.2, 0) is 10.8 Å². The normalized spacial score (nSPS) is 29.1. The van der Waals surface area contributed by atoms with Crippen molar-refractivity contribution in [3.05, 3.63) is 71.3 Å². The summed E-state index contributed by atoms with van der Waals surface area (Å²) < 4.78 is 12.3. The van der Waals surface area contributed by atoms with Crippen molar-refractivity contribution in [3.63, 3.8) is 0 Å². The van der Waals surface area contributed by atoms with Crippen LogP contribution in [0.15, 0.2) is 60.2 Å². The van der Waals surface area contributed by atoms with Crippen LogP contribution in [-0.4, -0.2) is 14.7 Å². The molecule has 0 amide bonds. The Hall–Kier alpha value is -1.67. The molecule has 2 heteroatoms. The molecule has 3 aliphatic rings. The maximum Gasteiger partial charge on any atom is 0.0533 e. The number of rotatable bonds is 1. The molecular formula is C20H18OS. The summed E-state index contributed by atoms with van der Waals surface area (Å²) in [5.74, 6) is 0.382. The molecule has 2 aromatic carbocycles. The molecule has 2 aromatic rings. The van der Waals surface area contributed by atoms with E-state index in [1.54, 1.807) is 0 Å². The van der Waals surface area contributed by atoms with Gasteiger partial charge in [-0.2, -0.15) is 0 Å². The average Bonchev–Trinajstić information content (AvgIpc) is 2.96. The first-order valence-corrected chi connectivity index (χ1v) is 9.39. The number of hydrogen-bond acceptors (Lipinski definition) is 1. The van der Waals surface area contributed by atoms with Crippen LogP contribution in [0.5, 0.6) is 0 Å². The van der Waals surface area contributed by atoms with Gasteiger partial charge in [0.1, 0.15) is 0 Å². The molecule has 1 aliphatic carbocycles. The summed E-state index contributed by atoms with van der Waals surface area (Å²) in [5, 5.41) is 0.693. The van der Waals surface area contributed by atoms with Crippen molar-refractivity contribution in [3.8, 4) is 11.1 Å². The van der Waals surface area contributed by atoms with Crippen LogP contribution in [0.25, 0.3) is 11.1 Å². The Balaban J connectivity index is 1.69. The summed E-state index contributed by atoms with van der Waals surface area (Å²) in [6, 6.07) is 17.6. The molecule has 3 unspecified atom stereocenters. The summed E-state index contributed by atoms with van der Waals surface area (Å²) in [6.07, 6.45) is 5.60. The SMILES string of the molecule is O=S1C2C=C(C3c4ccccc4-c4ccccc43)CC1CC2. The van der Waals surface area contributed by atoms with E-state index in [2.05, 4.69) is 54.6 Å². The molecular weight excluding hydrogens is 288 g/mol. The van der Waals surface area contributed by atoms with Gasteiger partial charge in [-0.3, -0.25) is 4.21 Å². The number of hydrogen-bond donors (Lipinski definition) is 0. The molecule has 5 rings (SSSR count). The van der Waals surface area contributed by atoms with E-state index in [1.807, 2.05) is 0 Å². The van der Waals surface area contributed by atoms with Crippen molar-refractivity contribution in [2.45, 2.75) is 35.7 Å². The van der Waals surface area contributed by atoms with Gasteiger partial charge in [-0.05, 0) is 41.5 Å². The van der Waals surface area contributed by atoms with Crippen LogP contribution in [0.1, 0.15) is 36.3 Å². The maximum atomic E-state index is 12.3. The van der Waals surface area contributed by atoms with Crippen LogP contribution < -0.4 is 0 Å². The van der Waals surface area contributed by atoms with Crippen LogP contribution in [0.4, 0.5) is 0 Å². The van der Waals surface area contributed by atoms with Crippen LogP contribution in [0.3, 0.4) is 0 Å². The zero-order valence-electron chi connectivity index (χ0n) is 12.4. The fourth-order valence-corrected chi connectivity index (χ4v) is 6.40. The Bertz CT molecular complexity index is 774. The molecule has 1 fully saturated rings. The molecule has 2 bridgehead atoms. The molecule has 1 saturated heterocycles. The van der Waals surface area contributed by atoms with Crippen molar-refractivity contribution in [2.24, 2.45) is 0 Å². The molecule has 0 saturated carbocycles. The first kappa shape index (κ1) is 12.8. The summed E-state index contributed by atoms with van der Waals surface area (Å²) in [5.41, 5.74) is 7.12. The molecule has 110 valence electrons. The fourth-order valence-electron chi connectivity index (χ4n) is 4.50. The van der Waals surface area contributed by atoms with Crippen LogP contribution in [0, 0.1) is 0 Å². The first-order valence-electron chi connectivity index (χ1n) is 8.11. The minimum absolute atomic E-state index is 0.300. The van der Waals surface area contributed by atoms with Gasteiger partial charge in [-0.15, -0.1) is 0 Å². The van der Waals surface area contributed by atoms with E-state index in [0.29, 0.717) is 16.4 Å². The van der Waals surface area contributed by atoms with E-state index in [1.165, 1.54) is 27.8 Å². The highest BCUT2D eigenvalue weighted by Crippen LogP contribution is 2.51. The van der Waals surface area contributed by atoms with E-state index in [4.69, 9.17) is 0 Å². The summed E-state index contributed by atoms with van der Waals surface area (Å²) in [4.78, 5) is 0. The zero-order valence-corrected chi connectivity index (χ0v) is 13.2. The molecule has 1 nitrogen and oxygen atoms in total. The van der Waals surface area contributed by atoms with Gasteiger partial charge in [0.15, 0.2) is 0 Å². The Labute approximate surface area is 133 Å². The molecule has 0 radical (unpaired) electrons. The van der Waals surface area contributed by atoms with Gasteiger partial charge in [-0.25, -0.2) is 0 Å². The number of fused-ring (bicyclic) bond motifs is 5. The van der Waals surface area contributed by atoms with Crippen molar-refractivity contribution >= 4 is 10.8 Å². The van der Waals surface area contributed by atoms with E-state index in [0.717, 1.165) is 19.3 Å². The predicted molar refractivity (Wildman–Crippen MR) is 91.4 cm³/mol. The highest BCUT2D eigenvalue weighted by Gasteiger charge is 2.40. The fraction of sp³-hybridized carbons (Fsp3) is 0.300. The lowest BCUT2D eigenvalue weighted by Crippen LogP contribution is -2.22. The van der Waals surface area contributed by atoms with Crippen LogP contribution >= 0.6 is 0 Å². The van der Waals surface area contributed by atoms with Crippen molar-refractivity contribution < 1.29 is 4.21 Å². The van der Waals surface area contributed by atoms with Gasteiger partial charge in [0, 0.05) is 22.0 Å². The van der Waals surface area contributed by atoms with Crippen molar-refractivity contribution in [1.29, 1.82) is 0 Å². The number of allylic oxidation sites excluding steroid dienone is 1. The van der Waals surface area contributed by atoms with Crippen LogP contribution in [0.2, 0.25) is 0 Å². The smallest absolute Gasteiger partial charge is 0.0533 e. The van der Waals surface area contributed by atoms with Crippen molar-refractivity contribution in [2.75, 3.05) is 0 Å². The Morgan fingerprint density at radius 1 is 0.864 bits per heavy atom. The molecule has 0 spiro atoms. The molecule has 2 aliphatic heterocycles. The largest absolute Gasteiger partial charge is 0.259 e. The standard InChI is InChI=1S/C20H18OS/c21-22-14-9-10-15(22)12-13(11-14)20-18-7-3-1-5-16(18)17-6-2-4-8-19(17)20/h1-8,11,14-15,20H,9-10,12H2. The first-order chi connectivity index (χ1) is 10.8. The van der Waals surface area contributed by atoms with Gasteiger partial charge >= 0.3 is 0 Å². The van der Waals surface area contributed by atoms with Gasteiger partial charge < -0.3 is 0 Å². The number of benzene rings is 2. The molecule has 22 heavy (non-hydrogen) atoms. The highest BCUT2D eigenvalue weighted by atomic mass is 32.2. The summed E-state index contributed by atoms with van der Waals surface area (Å²) in [7, 11) is -0.631. The summed E-state index contributed by atoms with van der Waals surface area (Å²) in [6.45, 7) is 0. The average molecular weight is 306 g/mol. The van der Waals surface area contributed by atoms with Crippen molar-refractivity contribution in [1.82, 2.24) is 0 Å². The lowest BCUT2D eigenvalue weighted by Gasteiger charge is -2.25. The third-order valence-electron chi connectivity index (χ3n) is 5.47. The third kappa shape index (κ3) is 1.67. The molecule has 0 N–H and O–H groups in total. The molecule has 0 aromatic heterocycles. The van der Waals surface area contributed by atoms with Gasteiger partial charge in [-0.1, -0.05) is 60.2 Å². The third-order valence-corrected chi connectivity index (χ3v) is 7.50. The second kappa shape index (κ2) is 4.66. The second-order valence-corrected chi connectivity index (χ2v) is 8.55. The predicted octanol–water partition coefficient (Wildman–Crippen LogP) is 4.41. The van der Waals surface area contributed by atoms with Gasteiger partial charge in [0.05, 0.1) is 5.25 Å². The van der Waals surface area contributed by atoms with Gasteiger partial charge in [0.25, 0.3) is 0 Å². The molecule has 2 heterocycles. The Morgan fingerprint density at radius 3 is 2.14 bits per heavy atom. The van der Waals surface area contributed by atoms with E-state index in [-0.39, 0.29) is 0 Å². The zero-order chi connectivity index (χ0) is 14.7. The highest BCUT2D eigenvalue weighted by molar-refractivity contribution is 7.86. The van der Waals surface area contributed by atoms with E-state index in [9.17, 15) is 4.21 Å². The Kier molecular flexibility index (Phi) is 2.72. The Morgan fingerprint density at radius 2 is 1.50 bits per heavy atom. The maximum absolute atomic E-state index is 12.3. The van der Waals surface area contributed by atoms with E-state index < -0.39 is 10.8 Å². The quantitative estimate of drug-likeness (QED) is 0.713. The van der Waals surface area contributed by atoms with E-state index >= 15 is 0 Å². The minimum Gasteiger partial charge on any atom is -0.259 e. The monoisotopic (exact) mass is 306 g/mol.